The Balaban J connectivity index is 1.20. The number of aliphatic hydroxyl groups excluding tert-OH is 1. The number of aliphatic hydroxyl groups is 1. The van der Waals surface area contributed by atoms with Crippen LogP contribution in [0.1, 0.15) is 36.4 Å². The van der Waals surface area contributed by atoms with E-state index >= 15 is 0 Å². The molecule has 2 amide bonds. The Kier molecular flexibility index (Phi) is 5.38. The van der Waals surface area contributed by atoms with E-state index < -0.39 is 0 Å². The van der Waals surface area contributed by atoms with Crippen molar-refractivity contribution in [2.45, 2.75) is 44.2 Å². The summed E-state index contributed by atoms with van der Waals surface area (Å²) in [5.41, 5.74) is 2.14. The highest BCUT2D eigenvalue weighted by atomic mass is 16.3. The molecule has 2 aliphatic rings. The molecule has 2 atom stereocenters. The number of carbonyl (C=O) groups is 1. The van der Waals surface area contributed by atoms with E-state index in [1.165, 1.54) is 5.56 Å². The maximum Gasteiger partial charge on any atom is 0.317 e. The number of benzene rings is 1. The monoisotopic (exact) mass is 369 g/mol. The molecular formula is C20H27N5O2. The van der Waals surface area contributed by atoms with Crippen LogP contribution in [0, 0.1) is 5.92 Å². The number of hydrogen-bond donors (Lipinski definition) is 2. The first-order chi connectivity index (χ1) is 13.2. The summed E-state index contributed by atoms with van der Waals surface area (Å²) in [5.74, 6) is 0.976. The molecule has 0 radical (unpaired) electrons. The zero-order valence-electron chi connectivity index (χ0n) is 15.5. The van der Waals surface area contributed by atoms with Gasteiger partial charge in [-0.3, -0.25) is 4.68 Å². The highest BCUT2D eigenvalue weighted by Gasteiger charge is 2.40. The largest absolute Gasteiger partial charge is 0.396 e. The number of urea groups is 1. The third kappa shape index (κ3) is 4.47. The first-order valence-corrected chi connectivity index (χ1v) is 9.83. The summed E-state index contributed by atoms with van der Waals surface area (Å²) < 4.78 is 1.86. The highest BCUT2D eigenvalue weighted by Crippen LogP contribution is 2.40. The molecule has 1 saturated carbocycles. The molecule has 1 aromatic carbocycles. The molecule has 0 unspecified atom stereocenters. The topological polar surface area (TPSA) is 83.3 Å². The van der Waals surface area contributed by atoms with Gasteiger partial charge in [-0.2, -0.15) is 0 Å². The minimum absolute atomic E-state index is 0.0721. The number of amides is 2. The summed E-state index contributed by atoms with van der Waals surface area (Å²) in [5, 5.41) is 20.3. The molecule has 27 heavy (non-hydrogen) atoms. The van der Waals surface area contributed by atoms with Crippen molar-refractivity contribution in [2.75, 3.05) is 19.7 Å². The van der Waals surface area contributed by atoms with Gasteiger partial charge in [-0.15, -0.1) is 5.10 Å². The number of piperidine rings is 1. The average molecular weight is 369 g/mol. The normalized spacial score (nSPS) is 22.6. The van der Waals surface area contributed by atoms with Gasteiger partial charge >= 0.3 is 6.03 Å². The zero-order valence-corrected chi connectivity index (χ0v) is 15.5. The van der Waals surface area contributed by atoms with Crippen molar-refractivity contribution in [2.24, 2.45) is 5.92 Å². The molecule has 2 N–H and O–H groups in total. The van der Waals surface area contributed by atoms with Crippen LogP contribution in [0.4, 0.5) is 4.79 Å². The smallest absolute Gasteiger partial charge is 0.317 e. The van der Waals surface area contributed by atoms with Crippen LogP contribution >= 0.6 is 0 Å². The Morgan fingerprint density at radius 3 is 2.74 bits per heavy atom. The quantitative estimate of drug-likeness (QED) is 0.813. The molecule has 7 heteroatoms. The SMILES string of the molecule is O=C(N[C@H]1C[C@@H]1c1ccccc1)N1CCC(Cn2cc(CCO)nn2)CC1. The Labute approximate surface area is 159 Å². The third-order valence-corrected chi connectivity index (χ3v) is 5.63. The molecule has 7 nitrogen and oxygen atoms in total. The van der Waals surface area contributed by atoms with Gasteiger partial charge in [-0.1, -0.05) is 35.5 Å². The summed E-state index contributed by atoms with van der Waals surface area (Å²) in [6, 6.07) is 10.8. The first kappa shape index (κ1) is 18.0. The van der Waals surface area contributed by atoms with Gasteiger partial charge in [-0.25, -0.2) is 4.79 Å². The van der Waals surface area contributed by atoms with Crippen molar-refractivity contribution >= 4 is 6.03 Å². The number of nitrogens with one attached hydrogen (secondary N) is 1. The van der Waals surface area contributed by atoms with Gasteiger partial charge in [0.25, 0.3) is 0 Å². The van der Waals surface area contributed by atoms with Gasteiger partial charge < -0.3 is 15.3 Å². The van der Waals surface area contributed by atoms with Crippen LogP contribution in [0.2, 0.25) is 0 Å². The molecule has 1 aromatic heterocycles. The number of carbonyl (C=O) groups excluding carboxylic acids is 1. The molecule has 0 bridgehead atoms. The van der Waals surface area contributed by atoms with E-state index in [4.69, 9.17) is 5.11 Å². The number of likely N-dealkylation sites (tertiary alicyclic amines) is 1. The predicted molar refractivity (Wildman–Crippen MR) is 101 cm³/mol. The van der Waals surface area contributed by atoms with E-state index in [1.807, 2.05) is 21.8 Å². The Morgan fingerprint density at radius 2 is 2.00 bits per heavy atom. The molecule has 144 valence electrons. The molecule has 1 saturated heterocycles. The molecule has 1 aliphatic carbocycles. The van der Waals surface area contributed by atoms with E-state index in [1.54, 1.807) is 0 Å². The second-order valence-corrected chi connectivity index (χ2v) is 7.64. The van der Waals surface area contributed by atoms with Gasteiger partial charge in [0.15, 0.2) is 0 Å². The minimum Gasteiger partial charge on any atom is -0.396 e. The lowest BCUT2D eigenvalue weighted by Crippen LogP contribution is -2.45. The standard InChI is InChI=1S/C20H27N5O2/c26-11-8-17-14-25(23-22-17)13-15-6-9-24(10-7-15)20(27)21-19-12-18(19)16-4-2-1-3-5-16/h1-5,14-15,18-19,26H,6-13H2,(H,21,27)/t18-,19+/m1/s1. The maximum atomic E-state index is 12.5. The molecular weight excluding hydrogens is 342 g/mol. The summed E-state index contributed by atoms with van der Waals surface area (Å²) >= 11 is 0. The number of aromatic nitrogens is 3. The van der Waals surface area contributed by atoms with Crippen molar-refractivity contribution in [3.8, 4) is 0 Å². The van der Waals surface area contributed by atoms with Crippen LogP contribution in [-0.4, -0.2) is 56.8 Å². The molecule has 1 aliphatic heterocycles. The summed E-state index contributed by atoms with van der Waals surface area (Å²) in [6.45, 7) is 2.50. The van der Waals surface area contributed by atoms with Gasteiger partial charge in [0.1, 0.15) is 0 Å². The van der Waals surface area contributed by atoms with Crippen molar-refractivity contribution in [1.29, 1.82) is 0 Å². The van der Waals surface area contributed by atoms with E-state index in [9.17, 15) is 4.79 Å². The van der Waals surface area contributed by atoms with Crippen LogP contribution in [0.5, 0.6) is 0 Å². The zero-order chi connectivity index (χ0) is 18.6. The number of rotatable bonds is 6. The van der Waals surface area contributed by atoms with Gasteiger partial charge in [0.2, 0.25) is 0 Å². The second kappa shape index (κ2) is 8.08. The second-order valence-electron chi connectivity index (χ2n) is 7.64. The molecule has 2 aromatic rings. The predicted octanol–water partition coefficient (Wildman–Crippen LogP) is 1.79. The summed E-state index contributed by atoms with van der Waals surface area (Å²) in [4.78, 5) is 14.5. The Morgan fingerprint density at radius 1 is 1.22 bits per heavy atom. The van der Waals surface area contributed by atoms with E-state index in [2.05, 4.69) is 39.9 Å². The fourth-order valence-electron chi connectivity index (χ4n) is 3.91. The minimum atomic E-state index is 0.0721. The third-order valence-electron chi connectivity index (χ3n) is 5.63. The fourth-order valence-corrected chi connectivity index (χ4v) is 3.91. The molecule has 4 rings (SSSR count). The molecule has 0 spiro atoms. The number of nitrogens with zero attached hydrogens (tertiary/aromatic N) is 4. The molecule has 2 heterocycles. The van der Waals surface area contributed by atoms with Gasteiger partial charge in [0.05, 0.1) is 5.69 Å². The Bertz CT molecular complexity index is 755. The lowest BCUT2D eigenvalue weighted by molar-refractivity contribution is 0.163. The van der Waals surface area contributed by atoms with E-state index in [-0.39, 0.29) is 18.7 Å². The van der Waals surface area contributed by atoms with Gasteiger partial charge in [-0.05, 0) is 30.7 Å². The van der Waals surface area contributed by atoms with Crippen LogP contribution in [-0.2, 0) is 13.0 Å². The summed E-state index contributed by atoms with van der Waals surface area (Å²) in [7, 11) is 0. The fraction of sp³-hybridized carbons (Fsp3) is 0.550. The Hall–Kier alpha value is -2.41. The maximum absolute atomic E-state index is 12.5. The van der Waals surface area contributed by atoms with Crippen LogP contribution < -0.4 is 5.32 Å². The average Bonchev–Trinajstić information content (AvgIpc) is 3.33. The van der Waals surface area contributed by atoms with Crippen LogP contribution in [0.3, 0.4) is 0 Å². The van der Waals surface area contributed by atoms with E-state index in [0.717, 1.165) is 44.6 Å². The van der Waals surface area contributed by atoms with Gasteiger partial charge in [0, 0.05) is 50.8 Å². The van der Waals surface area contributed by atoms with Crippen molar-refractivity contribution in [1.82, 2.24) is 25.2 Å². The lowest BCUT2D eigenvalue weighted by atomic mass is 9.97. The summed E-state index contributed by atoms with van der Waals surface area (Å²) in [6.07, 6.45) is 5.45. The first-order valence-electron chi connectivity index (χ1n) is 9.83. The van der Waals surface area contributed by atoms with Crippen LogP contribution in [0.25, 0.3) is 0 Å². The highest BCUT2D eigenvalue weighted by molar-refractivity contribution is 5.75. The van der Waals surface area contributed by atoms with Crippen molar-refractivity contribution in [3.63, 3.8) is 0 Å². The molecule has 2 fully saturated rings. The van der Waals surface area contributed by atoms with Crippen molar-refractivity contribution in [3.05, 3.63) is 47.8 Å². The van der Waals surface area contributed by atoms with Crippen molar-refractivity contribution < 1.29 is 9.90 Å². The lowest BCUT2D eigenvalue weighted by Gasteiger charge is -2.32. The number of hydrogen-bond acceptors (Lipinski definition) is 4. The van der Waals surface area contributed by atoms with Crippen LogP contribution in [0.15, 0.2) is 36.5 Å². The van der Waals surface area contributed by atoms with E-state index in [0.29, 0.717) is 18.3 Å².